The minimum atomic E-state index is -1.78. The van der Waals surface area contributed by atoms with Gasteiger partial charge in [0, 0.05) is 5.94 Å². The van der Waals surface area contributed by atoms with E-state index in [9.17, 15) is 9.18 Å². The van der Waals surface area contributed by atoms with Crippen LogP contribution in [-0.2, 0) is 15.7 Å². The molecule has 1 aliphatic heterocycles. The lowest BCUT2D eigenvalue weighted by Gasteiger charge is -2.64. The zero-order valence-corrected chi connectivity index (χ0v) is 25.7. The molecule has 3 saturated carbocycles. The molecular weight excluding hydrogens is 472 g/mol. The van der Waals surface area contributed by atoms with E-state index in [1.54, 1.807) is 0 Å². The van der Waals surface area contributed by atoms with Crippen molar-refractivity contribution < 1.29 is 18.5 Å². The summed E-state index contributed by atoms with van der Waals surface area (Å²) in [7, 11) is -3.90. The molecule has 0 N–H and O–H groups in total. The van der Waals surface area contributed by atoms with E-state index >= 15 is 0 Å². The van der Waals surface area contributed by atoms with Crippen molar-refractivity contribution in [2.75, 3.05) is 0 Å². The van der Waals surface area contributed by atoms with E-state index in [2.05, 4.69) is 64.3 Å². The summed E-state index contributed by atoms with van der Waals surface area (Å²) < 4.78 is 31.2. The molecule has 3 aliphatic carbocycles. The number of benzene rings is 1. The number of carbonyl (C=O) groups is 1. The average molecular weight is 518 g/mol. The van der Waals surface area contributed by atoms with Gasteiger partial charge >= 0.3 is 7.12 Å². The van der Waals surface area contributed by atoms with Crippen LogP contribution in [-0.4, -0.2) is 51.2 Å². The fourth-order valence-corrected chi connectivity index (χ4v) is 18.4. The number of rotatable bonds is 7. The van der Waals surface area contributed by atoms with Crippen LogP contribution in [0.5, 0.6) is 0 Å². The summed E-state index contributed by atoms with van der Waals surface area (Å²) >= 11 is 0. The molecule has 194 valence electrons. The number of carbonyl (C=O) groups excluding carboxylic acids is 1. The topological polar surface area (TPSA) is 38.8 Å². The van der Waals surface area contributed by atoms with Crippen LogP contribution in [0.2, 0.25) is 39.3 Å². The lowest BCUT2D eigenvalue weighted by atomic mass is 9.43. The lowest BCUT2D eigenvalue weighted by Crippen LogP contribution is -2.68. The number of nitrogens with zero attached hydrogens (tertiary/aromatic N) is 1. The molecule has 35 heavy (non-hydrogen) atoms. The summed E-state index contributed by atoms with van der Waals surface area (Å²) in [6.45, 7) is 24.8. The normalized spacial score (nSPS) is 30.8. The summed E-state index contributed by atoms with van der Waals surface area (Å²) in [6.07, 6.45) is 3.10. The van der Waals surface area contributed by atoms with Gasteiger partial charge in [-0.05, 0) is 74.5 Å². The van der Waals surface area contributed by atoms with Gasteiger partial charge < -0.3 is 13.5 Å². The zero-order valence-electron chi connectivity index (χ0n) is 23.7. The van der Waals surface area contributed by atoms with E-state index in [0.717, 1.165) is 17.5 Å². The molecule has 5 atom stereocenters. The average Bonchev–Trinajstić information content (AvgIpc) is 3.03. The first kappa shape index (κ1) is 27.2. The molecule has 4 fully saturated rings. The largest absolute Gasteiger partial charge is 0.475 e. The van der Waals surface area contributed by atoms with Gasteiger partial charge in [-0.25, -0.2) is 4.39 Å². The highest BCUT2D eigenvalue weighted by Crippen LogP contribution is 2.66. The molecule has 1 unspecified atom stereocenters. The molecule has 1 saturated heterocycles. The van der Waals surface area contributed by atoms with Crippen LogP contribution in [0.4, 0.5) is 4.39 Å². The maximum absolute atomic E-state index is 14.6. The van der Waals surface area contributed by atoms with Crippen molar-refractivity contribution >= 4 is 29.4 Å². The van der Waals surface area contributed by atoms with E-state index in [-0.39, 0.29) is 36.1 Å². The van der Waals surface area contributed by atoms with Crippen LogP contribution in [0.15, 0.2) is 12.1 Å². The highest BCUT2D eigenvalue weighted by Gasteiger charge is 2.69. The second-order valence-electron chi connectivity index (χ2n) is 14.1. The highest BCUT2D eigenvalue weighted by atomic mass is 28.4. The number of hydrogen-bond acceptors (Lipinski definition) is 4. The van der Waals surface area contributed by atoms with Crippen molar-refractivity contribution in [3.63, 3.8) is 0 Å². The number of hydrogen-bond donors (Lipinski definition) is 0. The molecule has 1 aromatic rings. The molecule has 5 rings (SSSR count). The van der Waals surface area contributed by atoms with Crippen LogP contribution in [0.25, 0.3) is 0 Å². The standard InChI is InChI=1S/C27H45BFNO3Si2/c1-17-19(12-13-21(29)25(17)18(2)31)14-24(30(34(6,7)8)35(9,10)11)28-32-23-16-20-15-22(26(20,3)4)27(23,5)33-28/h12-13,20,22-24H,14-16H2,1-11H3/t20-,22-,23?,24-,27-/m0/s1. The molecule has 0 spiro atoms. The van der Waals surface area contributed by atoms with Crippen molar-refractivity contribution in [2.45, 2.75) is 111 Å². The molecular formula is C27H45BFNO3Si2. The molecule has 0 amide bonds. The fraction of sp³-hybridized carbons (Fsp3) is 0.741. The third-order valence-electron chi connectivity index (χ3n) is 9.37. The van der Waals surface area contributed by atoms with Gasteiger partial charge in [0.15, 0.2) is 5.78 Å². The van der Waals surface area contributed by atoms with Gasteiger partial charge in [-0.3, -0.25) is 4.79 Å². The lowest BCUT2D eigenvalue weighted by molar-refractivity contribution is -0.199. The fourth-order valence-electron chi connectivity index (χ4n) is 7.97. The van der Waals surface area contributed by atoms with Crippen LogP contribution >= 0.6 is 0 Å². The molecule has 1 heterocycles. The van der Waals surface area contributed by atoms with Crippen molar-refractivity contribution in [3.05, 3.63) is 34.6 Å². The van der Waals surface area contributed by atoms with Crippen LogP contribution < -0.4 is 0 Å². The molecule has 0 radical (unpaired) electrons. The van der Waals surface area contributed by atoms with Crippen molar-refractivity contribution in [1.82, 2.24) is 4.23 Å². The zero-order chi connectivity index (χ0) is 26.3. The Labute approximate surface area is 214 Å². The number of Topliss-reactive ketones (excluding diaryl/α,β-unsaturated/α-hetero) is 1. The Bertz CT molecular complexity index is 1010. The van der Waals surface area contributed by atoms with E-state index in [1.165, 1.54) is 19.4 Å². The molecule has 2 bridgehead atoms. The molecule has 8 heteroatoms. The van der Waals surface area contributed by atoms with Crippen LogP contribution in [0.3, 0.4) is 0 Å². The first-order chi connectivity index (χ1) is 15.9. The first-order valence-electron chi connectivity index (χ1n) is 13.3. The molecule has 4 aliphatic rings. The Balaban J connectivity index is 1.76. The van der Waals surface area contributed by atoms with Crippen molar-refractivity contribution in [2.24, 2.45) is 17.3 Å². The van der Waals surface area contributed by atoms with Crippen LogP contribution in [0, 0.1) is 30.0 Å². The smallest absolute Gasteiger partial charge is 0.404 e. The second-order valence-corrected chi connectivity index (χ2v) is 24.2. The third kappa shape index (κ3) is 4.45. The highest BCUT2D eigenvalue weighted by molar-refractivity contribution is 6.90. The summed E-state index contributed by atoms with van der Waals surface area (Å²) in [5, 5.41) is 0. The summed E-state index contributed by atoms with van der Waals surface area (Å²) in [5.74, 6) is 0.582. The SMILES string of the molecule is CC(=O)c1c(F)ccc(C[C@@H](B2OC3C[C@@H]4C[C@@H](C4(C)C)[C@]3(C)O2)N([Si](C)(C)C)[Si](C)(C)C)c1C. The Morgan fingerprint density at radius 2 is 1.74 bits per heavy atom. The van der Waals surface area contributed by atoms with Gasteiger partial charge in [0.2, 0.25) is 0 Å². The summed E-state index contributed by atoms with van der Waals surface area (Å²) in [6, 6.07) is 3.32. The first-order valence-corrected chi connectivity index (χ1v) is 20.2. The van der Waals surface area contributed by atoms with E-state index in [4.69, 9.17) is 9.31 Å². The Hall–Kier alpha value is -0.801. The van der Waals surface area contributed by atoms with Crippen molar-refractivity contribution in [3.8, 4) is 0 Å². The van der Waals surface area contributed by atoms with E-state index in [1.807, 2.05) is 13.0 Å². The van der Waals surface area contributed by atoms with Gasteiger partial charge in [-0.1, -0.05) is 59.2 Å². The number of halogens is 1. The summed E-state index contributed by atoms with van der Waals surface area (Å²) in [5.41, 5.74) is 2.00. The summed E-state index contributed by atoms with van der Waals surface area (Å²) in [4.78, 5) is 12.3. The maximum atomic E-state index is 14.6. The molecule has 1 aromatic carbocycles. The van der Waals surface area contributed by atoms with Gasteiger partial charge in [0.05, 0.1) is 17.3 Å². The Morgan fingerprint density at radius 3 is 2.26 bits per heavy atom. The van der Waals surface area contributed by atoms with Crippen molar-refractivity contribution in [1.29, 1.82) is 0 Å². The third-order valence-corrected chi connectivity index (χ3v) is 16.9. The Kier molecular flexibility index (Phi) is 6.71. The predicted octanol–water partition coefficient (Wildman–Crippen LogP) is 6.49. The van der Waals surface area contributed by atoms with E-state index < -0.39 is 22.3 Å². The van der Waals surface area contributed by atoms with Crippen LogP contribution in [0.1, 0.15) is 62.0 Å². The minimum absolute atomic E-state index is 0.0278. The molecule has 4 nitrogen and oxygen atoms in total. The van der Waals surface area contributed by atoms with Gasteiger partial charge in [0.25, 0.3) is 0 Å². The maximum Gasteiger partial charge on any atom is 0.475 e. The second kappa shape index (κ2) is 8.62. The number of ketones is 1. The minimum Gasteiger partial charge on any atom is -0.404 e. The predicted molar refractivity (Wildman–Crippen MR) is 147 cm³/mol. The van der Waals surface area contributed by atoms with E-state index in [0.29, 0.717) is 23.7 Å². The monoisotopic (exact) mass is 517 g/mol. The van der Waals surface area contributed by atoms with Gasteiger partial charge in [-0.2, -0.15) is 0 Å². The molecule has 0 aromatic heterocycles. The van der Waals surface area contributed by atoms with Gasteiger partial charge in [-0.15, -0.1) is 0 Å². The van der Waals surface area contributed by atoms with Gasteiger partial charge in [0.1, 0.15) is 22.3 Å². The quantitative estimate of drug-likeness (QED) is 0.306. The Morgan fingerprint density at radius 1 is 1.14 bits per heavy atom.